The summed E-state index contributed by atoms with van der Waals surface area (Å²) < 4.78 is 36.4. The lowest BCUT2D eigenvalue weighted by Gasteiger charge is -2.17. The monoisotopic (exact) mass is 247 g/mol. The van der Waals surface area contributed by atoms with Crippen LogP contribution in [-0.4, -0.2) is 32.3 Å². The van der Waals surface area contributed by atoms with E-state index in [1.807, 2.05) is 0 Å². The van der Waals surface area contributed by atoms with Crippen molar-refractivity contribution in [2.24, 2.45) is 0 Å². The highest BCUT2D eigenvalue weighted by atomic mass is 32.2. The maximum Gasteiger partial charge on any atom is 0.320 e. The van der Waals surface area contributed by atoms with Gasteiger partial charge in [0.2, 0.25) is 10.0 Å². The Balaban J connectivity index is 2.97. The Morgan fingerprint density at radius 1 is 1.38 bits per heavy atom. The summed E-state index contributed by atoms with van der Waals surface area (Å²) in [6, 6.07) is 4.72. The summed E-state index contributed by atoms with van der Waals surface area (Å²) in [5.74, 6) is -2.93. The molecule has 0 spiro atoms. The third-order valence-electron chi connectivity index (χ3n) is 1.91. The third kappa shape index (κ3) is 2.93. The topological polar surface area (TPSA) is 74.7 Å². The van der Waals surface area contributed by atoms with Gasteiger partial charge in [-0.1, -0.05) is 0 Å². The van der Waals surface area contributed by atoms with Crippen molar-refractivity contribution in [2.45, 2.75) is 0 Å². The van der Waals surface area contributed by atoms with Crippen molar-refractivity contribution in [1.82, 2.24) is 0 Å². The molecule has 0 heterocycles. The Morgan fingerprint density at radius 2 is 1.88 bits per heavy atom. The molecule has 0 fully saturated rings. The molecule has 1 rings (SSSR count). The van der Waals surface area contributed by atoms with Crippen LogP contribution in [0.5, 0.6) is 0 Å². The van der Waals surface area contributed by atoms with E-state index in [9.17, 15) is 17.6 Å². The number of rotatable bonds is 4. The average molecular weight is 247 g/mol. The maximum absolute atomic E-state index is 12.6. The van der Waals surface area contributed by atoms with Crippen LogP contribution in [0.4, 0.5) is 10.1 Å². The van der Waals surface area contributed by atoms with Gasteiger partial charge in [0, 0.05) is 7.05 Å². The largest absolute Gasteiger partial charge is 0.480 e. The lowest BCUT2D eigenvalue weighted by atomic mass is 10.3. The van der Waals surface area contributed by atoms with E-state index >= 15 is 0 Å². The van der Waals surface area contributed by atoms with Crippen molar-refractivity contribution < 1.29 is 22.7 Å². The zero-order valence-corrected chi connectivity index (χ0v) is 9.24. The lowest BCUT2D eigenvalue weighted by molar-refractivity contribution is -0.134. The van der Waals surface area contributed by atoms with Crippen LogP contribution < -0.4 is 4.31 Å². The maximum atomic E-state index is 12.6. The number of carboxylic acid groups (broad SMARTS) is 1. The van der Waals surface area contributed by atoms with Gasteiger partial charge in [-0.3, -0.25) is 9.10 Å². The summed E-state index contributed by atoms with van der Waals surface area (Å²) in [5, 5.41) is 8.42. The van der Waals surface area contributed by atoms with Gasteiger partial charge in [0.05, 0.1) is 5.69 Å². The third-order valence-corrected chi connectivity index (χ3v) is 3.57. The SMILES string of the molecule is CN(c1ccc(F)cc1)S(=O)(=O)CC(=O)O. The number of anilines is 1. The number of hydrogen-bond acceptors (Lipinski definition) is 3. The molecule has 0 aliphatic carbocycles. The van der Waals surface area contributed by atoms with E-state index in [0.29, 0.717) is 0 Å². The number of carboxylic acids is 1. The molecule has 0 aliphatic heterocycles. The molecule has 5 nitrogen and oxygen atoms in total. The number of hydrogen-bond donors (Lipinski definition) is 1. The molecule has 0 saturated carbocycles. The second-order valence-corrected chi connectivity index (χ2v) is 5.09. The van der Waals surface area contributed by atoms with E-state index in [-0.39, 0.29) is 5.69 Å². The predicted octanol–water partition coefficient (Wildman–Crippen LogP) is 0.676. The van der Waals surface area contributed by atoms with Crippen molar-refractivity contribution in [3.63, 3.8) is 0 Å². The molecule has 0 amide bonds. The number of benzene rings is 1. The fraction of sp³-hybridized carbons (Fsp3) is 0.222. The molecule has 0 saturated heterocycles. The predicted molar refractivity (Wildman–Crippen MR) is 56.2 cm³/mol. The molecular formula is C9H10FNO4S. The molecule has 0 unspecified atom stereocenters. The molecular weight excluding hydrogens is 237 g/mol. The number of sulfonamides is 1. The number of aliphatic carboxylic acids is 1. The Bertz CT molecular complexity index is 483. The van der Waals surface area contributed by atoms with Crippen LogP contribution in [0, 0.1) is 5.82 Å². The molecule has 0 atom stereocenters. The van der Waals surface area contributed by atoms with Crippen LogP contribution in [0.15, 0.2) is 24.3 Å². The minimum Gasteiger partial charge on any atom is -0.480 e. The van der Waals surface area contributed by atoms with Gasteiger partial charge < -0.3 is 5.11 Å². The molecule has 0 aliphatic rings. The fourth-order valence-electron chi connectivity index (χ4n) is 1.06. The highest BCUT2D eigenvalue weighted by Gasteiger charge is 2.21. The second-order valence-electron chi connectivity index (χ2n) is 3.09. The van der Waals surface area contributed by atoms with Gasteiger partial charge in [-0.05, 0) is 24.3 Å². The summed E-state index contributed by atoms with van der Waals surface area (Å²) in [4.78, 5) is 10.3. The zero-order valence-electron chi connectivity index (χ0n) is 8.42. The first-order valence-corrected chi connectivity index (χ1v) is 5.88. The molecule has 0 aromatic heterocycles. The summed E-state index contributed by atoms with van der Waals surface area (Å²) in [6.45, 7) is 0. The van der Waals surface area contributed by atoms with Gasteiger partial charge in [-0.15, -0.1) is 0 Å². The minimum absolute atomic E-state index is 0.211. The van der Waals surface area contributed by atoms with Gasteiger partial charge in [-0.25, -0.2) is 12.8 Å². The van der Waals surface area contributed by atoms with E-state index in [1.165, 1.54) is 19.2 Å². The van der Waals surface area contributed by atoms with Crippen molar-refractivity contribution in [3.05, 3.63) is 30.1 Å². The lowest BCUT2D eigenvalue weighted by Crippen LogP contribution is -2.32. The average Bonchev–Trinajstić information content (AvgIpc) is 2.16. The number of halogens is 1. The summed E-state index contributed by atoms with van der Waals surface area (Å²) in [6.07, 6.45) is 0. The van der Waals surface area contributed by atoms with Crippen LogP contribution in [0.2, 0.25) is 0 Å². The Labute approximate surface area is 92.2 Å². The van der Waals surface area contributed by atoms with Gasteiger partial charge in [0.25, 0.3) is 0 Å². The van der Waals surface area contributed by atoms with Crippen molar-refractivity contribution >= 4 is 21.7 Å². The van der Waals surface area contributed by atoms with Crippen LogP contribution >= 0.6 is 0 Å². The van der Waals surface area contributed by atoms with Crippen molar-refractivity contribution in [1.29, 1.82) is 0 Å². The first-order chi connectivity index (χ1) is 7.33. The van der Waals surface area contributed by atoms with Crippen LogP contribution in [0.1, 0.15) is 0 Å². The molecule has 7 heteroatoms. The first-order valence-electron chi connectivity index (χ1n) is 4.27. The summed E-state index contributed by atoms with van der Waals surface area (Å²) >= 11 is 0. The normalized spacial score (nSPS) is 11.1. The van der Waals surface area contributed by atoms with E-state index < -0.39 is 27.6 Å². The molecule has 88 valence electrons. The van der Waals surface area contributed by atoms with E-state index in [0.717, 1.165) is 16.4 Å². The van der Waals surface area contributed by atoms with Crippen molar-refractivity contribution in [3.8, 4) is 0 Å². The standard InChI is InChI=1S/C9H10FNO4S/c1-11(16(14,15)6-9(12)13)8-4-2-7(10)3-5-8/h2-5H,6H2,1H3,(H,12,13). The first kappa shape index (κ1) is 12.4. The summed E-state index contributed by atoms with van der Waals surface area (Å²) in [7, 11) is -2.70. The molecule has 0 radical (unpaired) electrons. The quantitative estimate of drug-likeness (QED) is 0.848. The number of carbonyl (C=O) groups is 1. The van der Waals surface area contributed by atoms with Crippen LogP contribution in [0.3, 0.4) is 0 Å². The molecule has 1 N–H and O–H groups in total. The smallest absolute Gasteiger partial charge is 0.320 e. The summed E-state index contributed by atoms with van der Waals surface area (Å²) in [5.41, 5.74) is 0.211. The number of nitrogens with zero attached hydrogens (tertiary/aromatic N) is 1. The molecule has 16 heavy (non-hydrogen) atoms. The highest BCUT2D eigenvalue weighted by Crippen LogP contribution is 2.16. The molecule has 1 aromatic rings. The molecule has 0 bridgehead atoms. The Kier molecular flexibility index (Phi) is 3.48. The Morgan fingerprint density at radius 3 is 2.31 bits per heavy atom. The van der Waals surface area contributed by atoms with Gasteiger partial charge in [0.15, 0.2) is 5.75 Å². The van der Waals surface area contributed by atoms with Gasteiger partial charge in [-0.2, -0.15) is 0 Å². The Hall–Kier alpha value is -1.63. The minimum atomic E-state index is -3.91. The zero-order chi connectivity index (χ0) is 12.3. The van der Waals surface area contributed by atoms with E-state index in [1.54, 1.807) is 0 Å². The van der Waals surface area contributed by atoms with E-state index in [2.05, 4.69) is 0 Å². The van der Waals surface area contributed by atoms with Crippen LogP contribution in [-0.2, 0) is 14.8 Å². The second kappa shape index (κ2) is 4.48. The van der Waals surface area contributed by atoms with Crippen molar-refractivity contribution in [2.75, 3.05) is 17.1 Å². The fourth-order valence-corrected chi connectivity index (χ4v) is 2.01. The highest BCUT2D eigenvalue weighted by molar-refractivity contribution is 7.93. The van der Waals surface area contributed by atoms with Gasteiger partial charge in [0.1, 0.15) is 5.82 Å². The van der Waals surface area contributed by atoms with Gasteiger partial charge >= 0.3 is 5.97 Å². The van der Waals surface area contributed by atoms with E-state index in [4.69, 9.17) is 5.11 Å². The van der Waals surface area contributed by atoms with Crippen LogP contribution in [0.25, 0.3) is 0 Å². The molecule has 1 aromatic carbocycles.